The summed E-state index contributed by atoms with van der Waals surface area (Å²) in [6, 6.07) is 0. The number of aliphatic carboxylic acids is 2. The van der Waals surface area contributed by atoms with Crippen molar-refractivity contribution in [1.29, 1.82) is 0 Å². The first-order chi connectivity index (χ1) is 5.04. The van der Waals surface area contributed by atoms with E-state index in [0.717, 1.165) is 0 Å². The summed E-state index contributed by atoms with van der Waals surface area (Å²) in [7, 11) is 0. The van der Waals surface area contributed by atoms with E-state index in [1.165, 1.54) is 0 Å². The molecule has 0 bridgehead atoms. The smallest absolute Gasteiger partial charge is 0.679 e. The van der Waals surface area contributed by atoms with Crippen molar-refractivity contribution in [3.63, 3.8) is 0 Å². The van der Waals surface area contributed by atoms with Crippen LogP contribution in [0.5, 0.6) is 0 Å². The van der Waals surface area contributed by atoms with Gasteiger partial charge in [0.15, 0.2) is 0 Å². The first kappa shape index (κ1) is 17.6. The number of rotatable bonds is 3. The summed E-state index contributed by atoms with van der Waals surface area (Å²) in [4.78, 5) is 18.9. The maximum Gasteiger partial charge on any atom is 2.00 e. The Labute approximate surface area is 84.2 Å². The average Bonchev–Trinajstić information content (AvgIpc) is 1.85. The Kier molecular flexibility index (Phi) is 19.3. The van der Waals surface area contributed by atoms with E-state index in [9.17, 15) is 9.59 Å². The first-order valence-electron chi connectivity index (χ1n) is 2.77. The molecule has 0 aliphatic rings. The standard InChI is InChI=1S/C3H4O4.C2H6N2.Pt/c4-2(5)1-3(6)7;3-1-2-4;/h1H2,(H,4,5)(H,6,7);3-4H,1-2H2;/q;-2;+2. The SMILES string of the molecule is O=C(O)CC(=O)O.[NH-]CC[NH-].[Pt+2]. The summed E-state index contributed by atoms with van der Waals surface area (Å²) in [5.41, 5.74) is 12.5. The quantitative estimate of drug-likeness (QED) is 0.720. The van der Waals surface area contributed by atoms with Crippen molar-refractivity contribution in [1.82, 2.24) is 0 Å². The third kappa shape index (κ3) is 33.7. The summed E-state index contributed by atoms with van der Waals surface area (Å²) >= 11 is 0. The fourth-order valence-electron chi connectivity index (χ4n) is 0.129. The molecule has 0 radical (unpaired) electrons. The summed E-state index contributed by atoms with van der Waals surface area (Å²) in [6.07, 6.45) is -0.806. The van der Waals surface area contributed by atoms with Gasteiger partial charge in [-0.05, 0) is 0 Å². The zero-order chi connectivity index (χ0) is 9.28. The predicted molar refractivity (Wildman–Crippen MR) is 38.3 cm³/mol. The second-order valence-electron chi connectivity index (χ2n) is 1.46. The van der Waals surface area contributed by atoms with Gasteiger partial charge >= 0.3 is 33.0 Å². The minimum Gasteiger partial charge on any atom is -0.679 e. The van der Waals surface area contributed by atoms with Gasteiger partial charge in [-0.3, -0.25) is 9.59 Å². The third-order valence-electron chi connectivity index (χ3n) is 0.427. The van der Waals surface area contributed by atoms with Gasteiger partial charge in [0, 0.05) is 0 Å². The molecule has 6 nitrogen and oxygen atoms in total. The van der Waals surface area contributed by atoms with E-state index in [2.05, 4.69) is 0 Å². The van der Waals surface area contributed by atoms with Crippen molar-refractivity contribution in [3.05, 3.63) is 11.5 Å². The third-order valence-corrected chi connectivity index (χ3v) is 0.427. The topological polar surface area (TPSA) is 122 Å². The van der Waals surface area contributed by atoms with E-state index in [0.29, 0.717) is 0 Å². The van der Waals surface area contributed by atoms with Crippen molar-refractivity contribution in [2.45, 2.75) is 6.42 Å². The monoisotopic (exact) mass is 357 g/mol. The Morgan fingerprint density at radius 1 is 1.00 bits per heavy atom. The molecule has 0 heterocycles. The maximum absolute atomic E-state index is 9.43. The van der Waals surface area contributed by atoms with Gasteiger partial charge in [-0.2, -0.15) is 13.1 Å². The normalized spacial score (nSPS) is 7.17. The molecule has 0 saturated carbocycles. The van der Waals surface area contributed by atoms with Crippen LogP contribution in [0.4, 0.5) is 0 Å². The number of carboxylic acids is 2. The van der Waals surface area contributed by atoms with Crippen LogP contribution in [0.25, 0.3) is 11.5 Å². The molecule has 0 aromatic rings. The molecule has 12 heavy (non-hydrogen) atoms. The Hall–Kier alpha value is -0.452. The van der Waals surface area contributed by atoms with Crippen molar-refractivity contribution in [3.8, 4) is 0 Å². The predicted octanol–water partition coefficient (Wildman–Crippen LogP) is 0.634. The Morgan fingerprint density at radius 3 is 1.25 bits per heavy atom. The van der Waals surface area contributed by atoms with E-state index in [1.807, 2.05) is 0 Å². The van der Waals surface area contributed by atoms with Crippen molar-refractivity contribution < 1.29 is 40.9 Å². The molecule has 0 fully saturated rings. The Balaban J connectivity index is -0.000000142. The molecule has 0 aliphatic heterocycles. The molecule has 0 atom stereocenters. The molecule has 7 heteroatoms. The van der Waals surface area contributed by atoms with E-state index < -0.39 is 18.4 Å². The van der Waals surface area contributed by atoms with Crippen molar-refractivity contribution >= 4 is 11.9 Å². The van der Waals surface area contributed by atoms with Crippen LogP contribution in [0.1, 0.15) is 6.42 Å². The number of hydrogen-bond acceptors (Lipinski definition) is 2. The molecule has 0 saturated heterocycles. The molecule has 0 aliphatic carbocycles. The van der Waals surface area contributed by atoms with Crippen molar-refractivity contribution in [2.24, 2.45) is 0 Å². The number of carboxylic acid groups (broad SMARTS) is 2. The minimum absolute atomic E-state index is 0. The molecule has 74 valence electrons. The van der Waals surface area contributed by atoms with Crippen LogP contribution in [0.3, 0.4) is 0 Å². The Bertz CT molecular complexity index is 117. The second-order valence-corrected chi connectivity index (χ2v) is 1.46. The summed E-state index contributed by atoms with van der Waals surface area (Å²) < 4.78 is 0. The molecule has 0 rings (SSSR count). The Morgan fingerprint density at radius 2 is 1.25 bits per heavy atom. The van der Waals surface area contributed by atoms with Gasteiger partial charge in [0.1, 0.15) is 6.42 Å². The van der Waals surface area contributed by atoms with Gasteiger partial charge < -0.3 is 21.7 Å². The average molecular weight is 357 g/mol. The van der Waals surface area contributed by atoms with Crippen molar-refractivity contribution in [2.75, 3.05) is 13.1 Å². The number of nitrogens with one attached hydrogen (secondary N) is 2. The summed E-state index contributed by atoms with van der Waals surface area (Å²) in [5.74, 6) is -2.62. The molecular weight excluding hydrogens is 347 g/mol. The van der Waals surface area contributed by atoms with Gasteiger partial charge in [-0.15, -0.1) is 0 Å². The van der Waals surface area contributed by atoms with Gasteiger partial charge in [0.05, 0.1) is 0 Å². The van der Waals surface area contributed by atoms with Crippen LogP contribution in [0.2, 0.25) is 0 Å². The number of hydrogen-bond donors (Lipinski definition) is 2. The van der Waals surface area contributed by atoms with Crippen LogP contribution in [-0.2, 0) is 30.7 Å². The fourth-order valence-corrected chi connectivity index (χ4v) is 0.129. The zero-order valence-electron chi connectivity index (χ0n) is 6.15. The van der Waals surface area contributed by atoms with Gasteiger partial charge in [-0.1, -0.05) is 0 Å². The largest absolute Gasteiger partial charge is 2.00 e. The minimum atomic E-state index is -1.31. The maximum atomic E-state index is 9.43. The van der Waals surface area contributed by atoms with Gasteiger partial charge in [-0.25, -0.2) is 0 Å². The summed E-state index contributed by atoms with van der Waals surface area (Å²) in [6.45, 7) is 0.472. The van der Waals surface area contributed by atoms with E-state index >= 15 is 0 Å². The molecule has 0 unspecified atom stereocenters. The molecule has 0 amide bonds. The van der Waals surface area contributed by atoms with Gasteiger partial charge in [0.2, 0.25) is 0 Å². The van der Waals surface area contributed by atoms with Crippen LogP contribution in [0, 0.1) is 0 Å². The molecular formula is C5H10N2O4Pt. The fraction of sp³-hybridized carbons (Fsp3) is 0.600. The molecule has 0 aromatic carbocycles. The molecule has 0 spiro atoms. The van der Waals surface area contributed by atoms with Crippen LogP contribution in [0.15, 0.2) is 0 Å². The second kappa shape index (κ2) is 13.2. The molecule has 0 aromatic heterocycles. The summed E-state index contributed by atoms with van der Waals surface area (Å²) in [5, 5.41) is 15.4. The van der Waals surface area contributed by atoms with E-state index in [1.54, 1.807) is 0 Å². The van der Waals surface area contributed by atoms with E-state index in [-0.39, 0.29) is 34.2 Å². The van der Waals surface area contributed by atoms with Crippen LogP contribution >= 0.6 is 0 Å². The van der Waals surface area contributed by atoms with E-state index in [4.69, 9.17) is 21.7 Å². The number of carbonyl (C=O) groups is 2. The van der Waals surface area contributed by atoms with Crippen LogP contribution < -0.4 is 0 Å². The zero-order valence-corrected chi connectivity index (χ0v) is 8.42. The van der Waals surface area contributed by atoms with Crippen LogP contribution in [-0.4, -0.2) is 35.2 Å². The van der Waals surface area contributed by atoms with Gasteiger partial charge in [0.25, 0.3) is 0 Å². The first-order valence-corrected chi connectivity index (χ1v) is 2.77. The molecule has 4 N–H and O–H groups in total.